The number of aromatic nitrogens is 5. The van der Waals surface area contributed by atoms with Crippen LogP contribution < -0.4 is 0 Å². The molecule has 0 N–H and O–H groups in total. The Morgan fingerprint density at radius 2 is 1.93 bits per heavy atom. The molecule has 4 rings (SSSR count). The van der Waals surface area contributed by atoms with Gasteiger partial charge in [-0.05, 0) is 55.1 Å². The van der Waals surface area contributed by atoms with Crippen molar-refractivity contribution in [3.05, 3.63) is 53.0 Å². The second kappa shape index (κ2) is 7.49. The molecule has 0 saturated heterocycles. The highest BCUT2D eigenvalue weighted by atomic mass is 32.2. The topological polar surface area (TPSA) is 80.3 Å². The largest absolute Gasteiger partial charge is 0.216 e. The fraction of sp³-hybridized carbons (Fsp3) is 0.350. The minimum absolute atomic E-state index is 0.460. The van der Waals surface area contributed by atoms with Crippen molar-refractivity contribution >= 4 is 11.8 Å². The number of rotatable bonds is 6. The summed E-state index contributed by atoms with van der Waals surface area (Å²) in [5.41, 5.74) is 3.46. The van der Waals surface area contributed by atoms with Gasteiger partial charge in [0.25, 0.3) is 0 Å². The smallest absolute Gasteiger partial charge is 0.215 e. The standard InChI is InChI=1S/C20H20N6S/c1-3-15-16(12-21)19(24-23-17(15)4-2)27-20-22-18(13-10-11-13)26(25-20)14-8-6-5-7-9-14/h5-9,13H,3-4,10-11H2,1-2H3. The molecule has 1 fully saturated rings. The summed E-state index contributed by atoms with van der Waals surface area (Å²) in [6.07, 6.45) is 3.81. The third-order valence-electron chi connectivity index (χ3n) is 4.67. The fourth-order valence-corrected chi connectivity index (χ4v) is 3.93. The van der Waals surface area contributed by atoms with Gasteiger partial charge >= 0.3 is 0 Å². The molecule has 2 aromatic heterocycles. The van der Waals surface area contributed by atoms with E-state index in [4.69, 9.17) is 10.1 Å². The number of para-hydroxylation sites is 1. The lowest BCUT2D eigenvalue weighted by Gasteiger charge is -2.08. The van der Waals surface area contributed by atoms with Crippen molar-refractivity contribution in [2.75, 3.05) is 0 Å². The quantitative estimate of drug-likeness (QED) is 0.645. The van der Waals surface area contributed by atoms with Gasteiger partial charge in [0.1, 0.15) is 16.9 Å². The average molecular weight is 376 g/mol. The van der Waals surface area contributed by atoms with Gasteiger partial charge in [-0.3, -0.25) is 0 Å². The van der Waals surface area contributed by atoms with Crippen LogP contribution in [0.4, 0.5) is 0 Å². The molecule has 6 nitrogen and oxygen atoms in total. The van der Waals surface area contributed by atoms with E-state index < -0.39 is 0 Å². The van der Waals surface area contributed by atoms with Crippen molar-refractivity contribution in [1.82, 2.24) is 25.0 Å². The summed E-state index contributed by atoms with van der Waals surface area (Å²) >= 11 is 1.32. The molecule has 0 atom stereocenters. The normalized spacial score (nSPS) is 13.5. The average Bonchev–Trinajstić information content (AvgIpc) is 3.48. The SMILES string of the molecule is CCc1nnc(Sc2nc(C3CC3)n(-c3ccccc3)n2)c(C#N)c1CC. The summed E-state index contributed by atoms with van der Waals surface area (Å²) in [6, 6.07) is 12.4. The van der Waals surface area contributed by atoms with Crippen molar-refractivity contribution in [3.63, 3.8) is 0 Å². The van der Waals surface area contributed by atoms with E-state index in [0.717, 1.165) is 48.5 Å². The van der Waals surface area contributed by atoms with E-state index in [9.17, 15) is 5.26 Å². The monoisotopic (exact) mass is 376 g/mol. The molecule has 0 unspecified atom stereocenters. The predicted molar refractivity (Wildman–Crippen MR) is 103 cm³/mol. The Balaban J connectivity index is 1.73. The van der Waals surface area contributed by atoms with Crippen LogP contribution in [0.5, 0.6) is 0 Å². The van der Waals surface area contributed by atoms with Gasteiger partial charge in [0, 0.05) is 5.92 Å². The zero-order valence-corrected chi connectivity index (χ0v) is 16.2. The van der Waals surface area contributed by atoms with Crippen molar-refractivity contribution in [2.24, 2.45) is 0 Å². The third kappa shape index (κ3) is 3.45. The minimum Gasteiger partial charge on any atom is -0.216 e. The summed E-state index contributed by atoms with van der Waals surface area (Å²) in [4.78, 5) is 4.75. The van der Waals surface area contributed by atoms with Crippen molar-refractivity contribution in [2.45, 2.75) is 55.6 Å². The Labute approximate surface area is 162 Å². The van der Waals surface area contributed by atoms with Crippen LogP contribution >= 0.6 is 11.8 Å². The van der Waals surface area contributed by atoms with Gasteiger partial charge in [-0.25, -0.2) is 9.67 Å². The molecule has 7 heteroatoms. The minimum atomic E-state index is 0.460. The Kier molecular flexibility index (Phi) is 4.90. The number of hydrogen-bond acceptors (Lipinski definition) is 6. The molecular formula is C20H20N6S. The molecule has 0 spiro atoms. The summed E-state index contributed by atoms with van der Waals surface area (Å²) in [6.45, 7) is 4.07. The van der Waals surface area contributed by atoms with Gasteiger partial charge < -0.3 is 0 Å². The van der Waals surface area contributed by atoms with Crippen LogP contribution in [-0.4, -0.2) is 25.0 Å². The second-order valence-electron chi connectivity index (χ2n) is 6.50. The molecule has 2 heterocycles. The van der Waals surface area contributed by atoms with E-state index >= 15 is 0 Å². The van der Waals surface area contributed by atoms with Crippen molar-refractivity contribution in [3.8, 4) is 11.8 Å². The van der Waals surface area contributed by atoms with E-state index in [-0.39, 0.29) is 0 Å². The molecule has 1 aliphatic rings. The summed E-state index contributed by atoms with van der Waals surface area (Å²) in [5.74, 6) is 1.44. The highest BCUT2D eigenvalue weighted by Gasteiger charge is 2.31. The maximum Gasteiger partial charge on any atom is 0.215 e. The number of aryl methyl sites for hydroxylation is 1. The molecule has 1 aliphatic carbocycles. The first-order valence-corrected chi connectivity index (χ1v) is 10.1. The summed E-state index contributed by atoms with van der Waals surface area (Å²) < 4.78 is 1.92. The van der Waals surface area contributed by atoms with E-state index in [1.165, 1.54) is 11.8 Å². The zero-order valence-electron chi connectivity index (χ0n) is 15.4. The molecule has 1 saturated carbocycles. The molecule has 136 valence electrons. The number of benzene rings is 1. The Bertz CT molecular complexity index is 1000. The van der Waals surface area contributed by atoms with Crippen molar-refractivity contribution < 1.29 is 0 Å². The lowest BCUT2D eigenvalue weighted by atomic mass is 10.1. The van der Waals surface area contributed by atoms with Gasteiger partial charge in [0.15, 0.2) is 0 Å². The first kappa shape index (κ1) is 17.7. The van der Waals surface area contributed by atoms with Crippen LogP contribution in [0.3, 0.4) is 0 Å². The first-order valence-electron chi connectivity index (χ1n) is 9.23. The predicted octanol–water partition coefficient (Wildman–Crippen LogP) is 4.08. The Hall–Kier alpha value is -2.72. The fourth-order valence-electron chi connectivity index (χ4n) is 3.14. The van der Waals surface area contributed by atoms with E-state index in [1.54, 1.807) is 0 Å². The highest BCUT2D eigenvalue weighted by molar-refractivity contribution is 7.99. The Morgan fingerprint density at radius 3 is 2.56 bits per heavy atom. The summed E-state index contributed by atoms with van der Waals surface area (Å²) in [7, 11) is 0. The maximum absolute atomic E-state index is 9.69. The van der Waals surface area contributed by atoms with E-state index in [1.807, 2.05) is 48.9 Å². The molecule has 27 heavy (non-hydrogen) atoms. The van der Waals surface area contributed by atoms with Crippen LogP contribution in [0.15, 0.2) is 40.5 Å². The second-order valence-corrected chi connectivity index (χ2v) is 7.46. The highest BCUT2D eigenvalue weighted by Crippen LogP contribution is 2.41. The molecule has 1 aromatic carbocycles. The van der Waals surface area contributed by atoms with Gasteiger partial charge in [0.2, 0.25) is 5.16 Å². The lowest BCUT2D eigenvalue weighted by Crippen LogP contribution is -2.04. The van der Waals surface area contributed by atoms with Crippen LogP contribution in [0.1, 0.15) is 55.3 Å². The van der Waals surface area contributed by atoms with Crippen LogP contribution in [-0.2, 0) is 12.8 Å². The van der Waals surface area contributed by atoms with Crippen LogP contribution in [0.25, 0.3) is 5.69 Å². The van der Waals surface area contributed by atoms with Crippen LogP contribution in [0, 0.1) is 11.3 Å². The molecule has 0 aliphatic heterocycles. The van der Waals surface area contributed by atoms with Gasteiger partial charge in [-0.15, -0.1) is 10.2 Å². The zero-order chi connectivity index (χ0) is 18.8. The van der Waals surface area contributed by atoms with E-state index in [2.05, 4.69) is 16.3 Å². The van der Waals surface area contributed by atoms with Crippen LogP contribution in [0.2, 0.25) is 0 Å². The Morgan fingerprint density at radius 1 is 1.15 bits per heavy atom. The number of nitrogens with zero attached hydrogens (tertiary/aromatic N) is 6. The van der Waals surface area contributed by atoms with Gasteiger partial charge in [0.05, 0.1) is 16.9 Å². The molecule has 0 radical (unpaired) electrons. The molecular weight excluding hydrogens is 356 g/mol. The molecule has 0 amide bonds. The first-order chi connectivity index (χ1) is 13.2. The number of nitriles is 1. The molecule has 3 aromatic rings. The lowest BCUT2D eigenvalue weighted by molar-refractivity contribution is 0.780. The maximum atomic E-state index is 9.69. The number of hydrogen-bond donors (Lipinski definition) is 0. The van der Waals surface area contributed by atoms with Crippen molar-refractivity contribution in [1.29, 1.82) is 5.26 Å². The van der Waals surface area contributed by atoms with E-state index in [0.29, 0.717) is 21.7 Å². The third-order valence-corrected chi connectivity index (χ3v) is 5.50. The van der Waals surface area contributed by atoms with Gasteiger partial charge in [-0.2, -0.15) is 10.4 Å². The summed E-state index contributed by atoms with van der Waals surface area (Å²) in [5, 5.41) is 24.2. The van der Waals surface area contributed by atoms with Gasteiger partial charge in [-0.1, -0.05) is 32.0 Å². The molecule has 0 bridgehead atoms.